The van der Waals surface area contributed by atoms with E-state index in [2.05, 4.69) is 11.2 Å². The molecule has 1 aliphatic rings. The van der Waals surface area contributed by atoms with Crippen molar-refractivity contribution in [3.05, 3.63) is 48.0 Å². The van der Waals surface area contributed by atoms with Crippen molar-refractivity contribution in [1.82, 2.24) is 14.5 Å². The number of carbonyl (C=O) groups excluding carboxylic acids is 1. The van der Waals surface area contributed by atoms with Crippen LogP contribution in [-0.2, 0) is 0 Å². The number of aromatic nitrogens is 2. The third-order valence-corrected chi connectivity index (χ3v) is 5.82. The molecule has 2 atom stereocenters. The van der Waals surface area contributed by atoms with Gasteiger partial charge in [0.2, 0.25) is 0 Å². The van der Waals surface area contributed by atoms with Gasteiger partial charge in [-0.3, -0.25) is 4.79 Å². The van der Waals surface area contributed by atoms with Crippen LogP contribution in [0.4, 0.5) is 0 Å². The van der Waals surface area contributed by atoms with Crippen LogP contribution in [0.1, 0.15) is 35.2 Å². The summed E-state index contributed by atoms with van der Waals surface area (Å²) in [7, 11) is 1.94. The third-order valence-electron chi connectivity index (χ3n) is 4.72. The molecule has 0 spiro atoms. The molecule has 1 aromatic carbocycles. The fourth-order valence-electron chi connectivity index (χ4n) is 3.29. The van der Waals surface area contributed by atoms with E-state index in [1.807, 2.05) is 59.6 Å². The molecule has 0 radical (unpaired) electrons. The lowest BCUT2D eigenvalue weighted by Crippen LogP contribution is -2.36. The number of rotatable bonds is 4. The summed E-state index contributed by atoms with van der Waals surface area (Å²) in [4.78, 5) is 19.1. The van der Waals surface area contributed by atoms with Gasteiger partial charge in [0.05, 0.1) is 17.6 Å². The van der Waals surface area contributed by atoms with Crippen molar-refractivity contribution < 1.29 is 4.79 Å². The molecule has 1 aromatic heterocycles. The Labute approximate surface area is 141 Å². The van der Waals surface area contributed by atoms with Gasteiger partial charge in [0.15, 0.2) is 0 Å². The zero-order valence-corrected chi connectivity index (χ0v) is 14.7. The summed E-state index contributed by atoms with van der Waals surface area (Å²) in [6.45, 7) is 2.02. The molecule has 1 fully saturated rings. The van der Waals surface area contributed by atoms with Crippen LogP contribution in [0.15, 0.2) is 36.9 Å². The molecule has 2 aromatic rings. The van der Waals surface area contributed by atoms with E-state index >= 15 is 0 Å². The van der Waals surface area contributed by atoms with Gasteiger partial charge in [-0.25, -0.2) is 4.98 Å². The molecular formula is C18H23N3OS. The minimum atomic E-state index is 0.101. The largest absolute Gasteiger partial charge is 0.339 e. The highest BCUT2D eigenvalue weighted by molar-refractivity contribution is 7.99. The SMILES string of the molecule is CSC1CCC(N(C)C(=O)c2cc(C)ccc2-n2ccnc2)C1. The number of imidazole rings is 1. The van der Waals surface area contributed by atoms with E-state index in [-0.39, 0.29) is 5.91 Å². The van der Waals surface area contributed by atoms with Crippen molar-refractivity contribution in [3.8, 4) is 5.69 Å². The lowest BCUT2D eigenvalue weighted by Gasteiger charge is -2.26. The van der Waals surface area contributed by atoms with Crippen molar-refractivity contribution in [2.45, 2.75) is 37.5 Å². The second kappa shape index (κ2) is 6.79. The highest BCUT2D eigenvalue weighted by Gasteiger charge is 2.30. The van der Waals surface area contributed by atoms with Gasteiger partial charge in [0, 0.05) is 30.7 Å². The van der Waals surface area contributed by atoms with Crippen molar-refractivity contribution >= 4 is 17.7 Å². The highest BCUT2D eigenvalue weighted by atomic mass is 32.2. The van der Waals surface area contributed by atoms with Gasteiger partial charge in [-0.1, -0.05) is 11.6 Å². The number of amides is 1. The second-order valence-corrected chi connectivity index (χ2v) is 7.37. The maximum absolute atomic E-state index is 13.1. The van der Waals surface area contributed by atoms with E-state index < -0.39 is 0 Å². The Balaban J connectivity index is 1.88. The molecule has 4 nitrogen and oxygen atoms in total. The smallest absolute Gasteiger partial charge is 0.255 e. The fraction of sp³-hybridized carbons (Fsp3) is 0.444. The van der Waals surface area contributed by atoms with Crippen LogP contribution in [0, 0.1) is 6.92 Å². The van der Waals surface area contributed by atoms with Crippen molar-refractivity contribution in [3.63, 3.8) is 0 Å². The van der Waals surface area contributed by atoms with Crippen LogP contribution in [0.25, 0.3) is 5.69 Å². The molecule has 5 heteroatoms. The number of aryl methyl sites for hydroxylation is 1. The third kappa shape index (κ3) is 3.29. The molecule has 3 rings (SSSR count). The summed E-state index contributed by atoms with van der Waals surface area (Å²) in [6.07, 6.45) is 10.9. The molecule has 1 amide bonds. The van der Waals surface area contributed by atoms with Crippen LogP contribution in [-0.4, -0.2) is 45.0 Å². The topological polar surface area (TPSA) is 38.1 Å². The fourth-order valence-corrected chi connectivity index (χ4v) is 4.07. The first-order valence-corrected chi connectivity index (χ1v) is 9.28. The zero-order valence-electron chi connectivity index (χ0n) is 13.9. The summed E-state index contributed by atoms with van der Waals surface area (Å²) >= 11 is 1.91. The first-order valence-electron chi connectivity index (χ1n) is 7.99. The number of carbonyl (C=O) groups is 1. The quantitative estimate of drug-likeness (QED) is 0.861. The van der Waals surface area contributed by atoms with E-state index in [4.69, 9.17) is 0 Å². The Morgan fingerprint density at radius 2 is 2.22 bits per heavy atom. The zero-order chi connectivity index (χ0) is 16.4. The number of hydrogen-bond donors (Lipinski definition) is 0. The Bertz CT molecular complexity index is 684. The summed E-state index contributed by atoms with van der Waals surface area (Å²) in [5.74, 6) is 0.101. The lowest BCUT2D eigenvalue weighted by molar-refractivity contribution is 0.0735. The maximum atomic E-state index is 13.1. The van der Waals surface area contributed by atoms with Crippen molar-refractivity contribution in [1.29, 1.82) is 0 Å². The van der Waals surface area contributed by atoms with Crippen LogP contribution in [0.2, 0.25) is 0 Å². The minimum absolute atomic E-state index is 0.101. The van der Waals surface area contributed by atoms with E-state index in [1.165, 1.54) is 6.42 Å². The monoisotopic (exact) mass is 329 g/mol. The van der Waals surface area contributed by atoms with Gasteiger partial charge in [0.25, 0.3) is 5.91 Å². The summed E-state index contributed by atoms with van der Waals surface area (Å²) in [5, 5.41) is 0.681. The standard InChI is InChI=1S/C18H23N3OS/c1-13-4-7-17(21-9-8-19-12-21)16(10-13)18(22)20(2)14-5-6-15(11-14)23-3/h4,7-10,12,14-15H,5-6,11H2,1-3H3. The molecule has 2 unspecified atom stereocenters. The predicted octanol–water partition coefficient (Wildman–Crippen LogP) is 3.54. The minimum Gasteiger partial charge on any atom is -0.339 e. The van der Waals surface area contributed by atoms with Gasteiger partial charge >= 0.3 is 0 Å². The van der Waals surface area contributed by atoms with E-state index in [1.54, 1.807) is 12.5 Å². The normalized spacial score (nSPS) is 20.7. The van der Waals surface area contributed by atoms with E-state index in [9.17, 15) is 4.79 Å². The Morgan fingerprint density at radius 3 is 2.87 bits per heavy atom. The highest BCUT2D eigenvalue weighted by Crippen LogP contribution is 2.32. The van der Waals surface area contributed by atoms with Crippen LogP contribution < -0.4 is 0 Å². The van der Waals surface area contributed by atoms with Gasteiger partial charge in [-0.05, 0) is 44.6 Å². The summed E-state index contributed by atoms with van der Waals surface area (Å²) in [5.41, 5.74) is 2.74. The molecule has 122 valence electrons. The molecule has 0 aliphatic heterocycles. The number of hydrogen-bond acceptors (Lipinski definition) is 3. The molecule has 1 saturated carbocycles. The summed E-state index contributed by atoms with van der Waals surface area (Å²) < 4.78 is 1.90. The van der Waals surface area contributed by atoms with Gasteiger partial charge < -0.3 is 9.47 Å². The van der Waals surface area contributed by atoms with Crippen LogP contribution >= 0.6 is 11.8 Å². The molecule has 0 bridgehead atoms. The van der Waals surface area contributed by atoms with Crippen LogP contribution in [0.3, 0.4) is 0 Å². The average Bonchev–Trinajstić information content (AvgIpc) is 3.24. The predicted molar refractivity (Wildman–Crippen MR) is 95.3 cm³/mol. The molecular weight excluding hydrogens is 306 g/mol. The number of benzene rings is 1. The molecule has 0 N–H and O–H groups in total. The molecule has 1 aliphatic carbocycles. The van der Waals surface area contributed by atoms with Gasteiger partial charge in [-0.15, -0.1) is 0 Å². The second-order valence-electron chi connectivity index (χ2n) is 6.23. The van der Waals surface area contributed by atoms with E-state index in [0.717, 1.165) is 29.7 Å². The van der Waals surface area contributed by atoms with Gasteiger partial charge in [0.1, 0.15) is 0 Å². The first-order chi connectivity index (χ1) is 11.1. The molecule has 1 heterocycles. The summed E-state index contributed by atoms with van der Waals surface area (Å²) in [6, 6.07) is 6.36. The van der Waals surface area contributed by atoms with Gasteiger partial charge in [-0.2, -0.15) is 11.8 Å². The average molecular weight is 329 g/mol. The molecule has 0 saturated heterocycles. The lowest BCUT2D eigenvalue weighted by atomic mass is 10.1. The molecule has 23 heavy (non-hydrogen) atoms. The number of nitrogens with zero attached hydrogens (tertiary/aromatic N) is 3. The maximum Gasteiger partial charge on any atom is 0.255 e. The van der Waals surface area contributed by atoms with E-state index in [0.29, 0.717) is 11.3 Å². The van der Waals surface area contributed by atoms with Crippen molar-refractivity contribution in [2.75, 3.05) is 13.3 Å². The Hall–Kier alpha value is -1.75. The Kier molecular flexibility index (Phi) is 4.76. The van der Waals surface area contributed by atoms with Crippen molar-refractivity contribution in [2.24, 2.45) is 0 Å². The Morgan fingerprint density at radius 1 is 1.39 bits per heavy atom. The first kappa shape index (κ1) is 16.1. The van der Waals surface area contributed by atoms with Crippen LogP contribution in [0.5, 0.6) is 0 Å². The number of thioether (sulfide) groups is 1.